The van der Waals surface area contributed by atoms with Crippen LogP contribution in [0, 0.1) is 6.92 Å². The number of aromatic nitrogens is 2. The molecule has 3 heterocycles. The van der Waals surface area contributed by atoms with E-state index in [2.05, 4.69) is 45.0 Å². The van der Waals surface area contributed by atoms with Crippen LogP contribution in [0.2, 0.25) is 0 Å². The molecule has 0 aliphatic carbocycles. The number of fused-ring (bicyclic) bond motifs is 1. The third-order valence-corrected chi connectivity index (χ3v) is 3.49. The second-order valence-electron chi connectivity index (χ2n) is 4.97. The molecule has 4 heteroatoms. The lowest BCUT2D eigenvalue weighted by atomic mass is 10.2. The molecule has 0 saturated carbocycles. The first-order valence-corrected chi connectivity index (χ1v) is 6.58. The predicted octanol–water partition coefficient (Wildman–Crippen LogP) is 2.24. The van der Waals surface area contributed by atoms with Gasteiger partial charge < -0.3 is 9.80 Å². The molecule has 2 aromatic heterocycles. The van der Waals surface area contributed by atoms with E-state index in [0.29, 0.717) is 0 Å². The fourth-order valence-corrected chi connectivity index (χ4v) is 2.46. The normalized spacial score (nSPS) is 15.1. The van der Waals surface area contributed by atoms with Crippen LogP contribution < -0.4 is 9.80 Å². The standard InChI is InChI=1S/C15H18N4/c1-12-5-3-7-14(17-12)19-10-9-18(2)15-13(11-19)6-4-8-16-15/h3-8H,9-11H2,1-2H3. The fourth-order valence-electron chi connectivity index (χ4n) is 2.46. The lowest BCUT2D eigenvalue weighted by Crippen LogP contribution is -2.29. The van der Waals surface area contributed by atoms with E-state index in [-0.39, 0.29) is 0 Å². The van der Waals surface area contributed by atoms with Crippen molar-refractivity contribution in [1.29, 1.82) is 0 Å². The Morgan fingerprint density at radius 1 is 1.11 bits per heavy atom. The van der Waals surface area contributed by atoms with Crippen molar-refractivity contribution in [3.8, 4) is 0 Å². The summed E-state index contributed by atoms with van der Waals surface area (Å²) in [6, 6.07) is 10.3. The van der Waals surface area contributed by atoms with Gasteiger partial charge in [0.15, 0.2) is 0 Å². The second-order valence-corrected chi connectivity index (χ2v) is 4.97. The monoisotopic (exact) mass is 254 g/mol. The molecule has 0 bridgehead atoms. The van der Waals surface area contributed by atoms with Gasteiger partial charge in [0.2, 0.25) is 0 Å². The van der Waals surface area contributed by atoms with Crippen molar-refractivity contribution >= 4 is 11.6 Å². The minimum atomic E-state index is 0.865. The average molecular weight is 254 g/mol. The van der Waals surface area contributed by atoms with Crippen molar-refractivity contribution in [1.82, 2.24) is 9.97 Å². The van der Waals surface area contributed by atoms with Gasteiger partial charge in [-0.3, -0.25) is 0 Å². The zero-order valence-electron chi connectivity index (χ0n) is 11.4. The van der Waals surface area contributed by atoms with Gasteiger partial charge >= 0.3 is 0 Å². The Labute approximate surface area is 113 Å². The molecule has 0 spiro atoms. The maximum absolute atomic E-state index is 4.62. The molecule has 0 aromatic carbocycles. The molecule has 98 valence electrons. The number of likely N-dealkylation sites (N-methyl/N-ethyl adjacent to an activating group) is 1. The first-order chi connectivity index (χ1) is 9.24. The topological polar surface area (TPSA) is 32.3 Å². The van der Waals surface area contributed by atoms with E-state index in [1.54, 1.807) is 0 Å². The van der Waals surface area contributed by atoms with Crippen LogP contribution in [0.3, 0.4) is 0 Å². The van der Waals surface area contributed by atoms with Gasteiger partial charge in [0, 0.05) is 44.1 Å². The van der Waals surface area contributed by atoms with E-state index < -0.39 is 0 Å². The van der Waals surface area contributed by atoms with Crippen LogP contribution in [0.15, 0.2) is 36.5 Å². The fraction of sp³-hybridized carbons (Fsp3) is 0.333. The average Bonchev–Trinajstić information content (AvgIpc) is 2.59. The Morgan fingerprint density at radius 3 is 2.84 bits per heavy atom. The highest BCUT2D eigenvalue weighted by molar-refractivity contribution is 5.51. The summed E-state index contributed by atoms with van der Waals surface area (Å²) < 4.78 is 0. The minimum absolute atomic E-state index is 0.865. The molecule has 2 aromatic rings. The van der Waals surface area contributed by atoms with Crippen molar-refractivity contribution in [2.24, 2.45) is 0 Å². The summed E-state index contributed by atoms with van der Waals surface area (Å²) in [5.74, 6) is 2.13. The van der Waals surface area contributed by atoms with E-state index in [4.69, 9.17) is 0 Å². The van der Waals surface area contributed by atoms with E-state index in [1.165, 1.54) is 5.56 Å². The van der Waals surface area contributed by atoms with E-state index >= 15 is 0 Å². The maximum atomic E-state index is 4.62. The van der Waals surface area contributed by atoms with Crippen molar-refractivity contribution in [2.75, 3.05) is 29.9 Å². The van der Waals surface area contributed by atoms with Crippen LogP contribution in [0.4, 0.5) is 11.6 Å². The molecule has 1 aliphatic heterocycles. The van der Waals surface area contributed by atoms with Crippen LogP contribution in [-0.4, -0.2) is 30.1 Å². The zero-order chi connectivity index (χ0) is 13.2. The molecule has 1 aliphatic rings. The Kier molecular flexibility index (Phi) is 3.07. The molecular formula is C15H18N4. The maximum Gasteiger partial charge on any atom is 0.133 e. The smallest absolute Gasteiger partial charge is 0.133 e. The summed E-state index contributed by atoms with van der Waals surface area (Å²) in [7, 11) is 2.10. The summed E-state index contributed by atoms with van der Waals surface area (Å²) in [6.07, 6.45) is 1.86. The Hall–Kier alpha value is -2.10. The number of hydrogen-bond donors (Lipinski definition) is 0. The number of hydrogen-bond acceptors (Lipinski definition) is 4. The third-order valence-electron chi connectivity index (χ3n) is 3.49. The zero-order valence-corrected chi connectivity index (χ0v) is 11.4. The summed E-state index contributed by atoms with van der Waals surface area (Å²) in [6.45, 7) is 4.82. The lowest BCUT2D eigenvalue weighted by Gasteiger charge is -2.22. The highest BCUT2D eigenvalue weighted by Crippen LogP contribution is 2.24. The number of anilines is 2. The van der Waals surface area contributed by atoms with Gasteiger partial charge in [-0.25, -0.2) is 9.97 Å². The molecule has 4 nitrogen and oxygen atoms in total. The SMILES string of the molecule is Cc1cccc(N2CCN(C)c3ncccc3C2)n1. The Balaban J connectivity index is 1.95. The van der Waals surface area contributed by atoms with Gasteiger partial charge in [0.25, 0.3) is 0 Å². The molecule has 0 saturated heterocycles. The third kappa shape index (κ3) is 2.38. The van der Waals surface area contributed by atoms with Gasteiger partial charge in [0.05, 0.1) is 0 Å². The predicted molar refractivity (Wildman–Crippen MR) is 77.5 cm³/mol. The van der Waals surface area contributed by atoms with Crippen molar-refractivity contribution < 1.29 is 0 Å². The van der Waals surface area contributed by atoms with Crippen molar-refractivity contribution in [3.05, 3.63) is 47.8 Å². The largest absolute Gasteiger partial charge is 0.358 e. The van der Waals surface area contributed by atoms with Gasteiger partial charge in [-0.2, -0.15) is 0 Å². The van der Waals surface area contributed by atoms with Crippen LogP contribution >= 0.6 is 0 Å². The highest BCUT2D eigenvalue weighted by atomic mass is 15.3. The quantitative estimate of drug-likeness (QED) is 0.781. The molecule has 0 amide bonds. The van der Waals surface area contributed by atoms with Gasteiger partial charge in [-0.1, -0.05) is 12.1 Å². The summed E-state index contributed by atoms with van der Waals surface area (Å²) in [5.41, 5.74) is 2.31. The first-order valence-electron chi connectivity index (χ1n) is 6.58. The summed E-state index contributed by atoms with van der Waals surface area (Å²) in [5, 5.41) is 0. The molecule has 0 N–H and O–H groups in total. The molecule has 0 radical (unpaired) electrons. The Morgan fingerprint density at radius 2 is 2.00 bits per heavy atom. The number of nitrogens with zero attached hydrogens (tertiary/aromatic N) is 4. The summed E-state index contributed by atoms with van der Waals surface area (Å²) in [4.78, 5) is 13.6. The molecule has 3 rings (SSSR count). The number of pyridine rings is 2. The molecular weight excluding hydrogens is 236 g/mol. The van der Waals surface area contributed by atoms with Crippen LogP contribution in [0.5, 0.6) is 0 Å². The highest BCUT2D eigenvalue weighted by Gasteiger charge is 2.19. The van der Waals surface area contributed by atoms with E-state index in [1.807, 2.05) is 25.3 Å². The van der Waals surface area contributed by atoms with Gasteiger partial charge in [-0.15, -0.1) is 0 Å². The first kappa shape index (κ1) is 12.0. The van der Waals surface area contributed by atoms with Crippen LogP contribution in [0.25, 0.3) is 0 Å². The van der Waals surface area contributed by atoms with Crippen molar-refractivity contribution in [2.45, 2.75) is 13.5 Å². The summed E-state index contributed by atoms with van der Waals surface area (Å²) >= 11 is 0. The Bertz CT molecular complexity index is 582. The van der Waals surface area contributed by atoms with Gasteiger partial charge in [-0.05, 0) is 25.1 Å². The molecule has 0 fully saturated rings. The van der Waals surface area contributed by atoms with E-state index in [0.717, 1.165) is 37.0 Å². The number of rotatable bonds is 1. The van der Waals surface area contributed by atoms with Gasteiger partial charge in [0.1, 0.15) is 11.6 Å². The molecule has 19 heavy (non-hydrogen) atoms. The second kappa shape index (κ2) is 4.88. The van der Waals surface area contributed by atoms with Crippen LogP contribution in [-0.2, 0) is 6.54 Å². The number of aryl methyl sites for hydroxylation is 1. The molecule has 0 atom stereocenters. The molecule has 0 unspecified atom stereocenters. The lowest BCUT2D eigenvalue weighted by molar-refractivity contribution is 0.781. The van der Waals surface area contributed by atoms with E-state index in [9.17, 15) is 0 Å². The van der Waals surface area contributed by atoms with Crippen LogP contribution in [0.1, 0.15) is 11.3 Å². The minimum Gasteiger partial charge on any atom is -0.358 e. The van der Waals surface area contributed by atoms with Crippen molar-refractivity contribution in [3.63, 3.8) is 0 Å².